The summed E-state index contributed by atoms with van der Waals surface area (Å²) in [6.45, 7) is 1.59. The van der Waals surface area contributed by atoms with Gasteiger partial charge in [0.2, 0.25) is 11.2 Å². The summed E-state index contributed by atoms with van der Waals surface area (Å²) in [4.78, 5) is 25.6. The van der Waals surface area contributed by atoms with Crippen LogP contribution in [-0.4, -0.2) is 19.6 Å². The van der Waals surface area contributed by atoms with Gasteiger partial charge >= 0.3 is 0 Å². The number of methoxy groups -OCH3 is 1. The Morgan fingerprint density at radius 3 is 2.44 bits per heavy atom. The number of fused-ring (bicyclic) bond motifs is 1. The minimum Gasteiger partial charge on any atom is -0.497 e. The number of ether oxygens (including phenoxy) is 2. The molecule has 32 heavy (non-hydrogen) atoms. The van der Waals surface area contributed by atoms with Gasteiger partial charge in [0, 0.05) is 16.3 Å². The lowest BCUT2D eigenvalue weighted by Gasteiger charge is -2.12. The van der Waals surface area contributed by atoms with Crippen LogP contribution in [0.2, 0.25) is 5.02 Å². The highest BCUT2D eigenvalue weighted by Crippen LogP contribution is 2.32. The molecule has 0 fully saturated rings. The maximum Gasteiger partial charge on any atom is 0.262 e. The minimum absolute atomic E-state index is 0.0658. The Hall–Kier alpha value is -3.77. The molecule has 6 nitrogen and oxygen atoms in total. The fraction of sp³-hybridized carbons (Fsp3) is 0.120. The largest absolute Gasteiger partial charge is 0.497 e. The third kappa shape index (κ3) is 4.60. The average Bonchev–Trinajstić information content (AvgIpc) is 2.80. The molecule has 162 valence electrons. The standard InChI is InChI=1S/C25H20ClNO5/c1-15-3-8-18(9-4-15)27-22(28)14-31-25-23(29)20-13-17(26)7-12-21(20)32-24(25)16-5-10-19(30-2)11-6-16/h3-13H,14H2,1-2H3,(H,27,28). The van der Waals surface area contributed by atoms with Gasteiger partial charge in [-0.15, -0.1) is 0 Å². The van der Waals surface area contributed by atoms with Gasteiger partial charge in [-0.25, -0.2) is 0 Å². The van der Waals surface area contributed by atoms with Gasteiger partial charge in [-0.2, -0.15) is 0 Å². The van der Waals surface area contributed by atoms with E-state index < -0.39 is 11.3 Å². The SMILES string of the molecule is COc1ccc(-c2oc3ccc(Cl)cc3c(=O)c2OCC(=O)Nc2ccc(C)cc2)cc1. The lowest BCUT2D eigenvalue weighted by molar-refractivity contribution is -0.118. The number of carbonyl (C=O) groups excluding carboxylic acids is 1. The molecule has 0 atom stereocenters. The van der Waals surface area contributed by atoms with Crippen molar-refractivity contribution in [3.8, 4) is 22.8 Å². The minimum atomic E-state index is -0.414. The highest BCUT2D eigenvalue weighted by molar-refractivity contribution is 6.31. The first kappa shape index (κ1) is 21.5. The van der Waals surface area contributed by atoms with E-state index in [0.717, 1.165) is 5.56 Å². The summed E-state index contributed by atoms with van der Waals surface area (Å²) < 4.78 is 16.9. The first-order valence-electron chi connectivity index (χ1n) is 9.84. The fourth-order valence-electron chi connectivity index (χ4n) is 3.19. The van der Waals surface area contributed by atoms with Crippen molar-refractivity contribution in [1.82, 2.24) is 0 Å². The zero-order valence-electron chi connectivity index (χ0n) is 17.5. The summed E-state index contributed by atoms with van der Waals surface area (Å²) in [6, 6.07) is 19.1. The molecule has 1 N–H and O–H groups in total. The quantitative estimate of drug-likeness (QED) is 0.423. The maximum absolute atomic E-state index is 13.2. The molecule has 0 saturated carbocycles. The van der Waals surface area contributed by atoms with Crippen molar-refractivity contribution in [2.75, 3.05) is 19.0 Å². The van der Waals surface area contributed by atoms with Gasteiger partial charge in [0.1, 0.15) is 11.3 Å². The number of benzene rings is 3. The average molecular weight is 450 g/mol. The Balaban J connectivity index is 1.68. The van der Waals surface area contributed by atoms with E-state index in [-0.39, 0.29) is 23.5 Å². The fourth-order valence-corrected chi connectivity index (χ4v) is 3.36. The predicted molar refractivity (Wildman–Crippen MR) is 125 cm³/mol. The van der Waals surface area contributed by atoms with E-state index in [9.17, 15) is 9.59 Å². The summed E-state index contributed by atoms with van der Waals surface area (Å²) in [6.07, 6.45) is 0. The smallest absolute Gasteiger partial charge is 0.262 e. The normalized spacial score (nSPS) is 10.7. The van der Waals surface area contributed by atoms with Crippen LogP contribution in [-0.2, 0) is 4.79 Å². The molecule has 0 aliphatic heterocycles. The van der Waals surface area contributed by atoms with Crippen molar-refractivity contribution in [3.05, 3.63) is 87.5 Å². The monoisotopic (exact) mass is 449 g/mol. The Morgan fingerprint density at radius 2 is 1.75 bits per heavy atom. The van der Waals surface area contributed by atoms with E-state index in [1.54, 1.807) is 55.6 Å². The summed E-state index contributed by atoms with van der Waals surface area (Å²) in [5.41, 5.74) is 2.27. The number of halogens is 1. The number of carbonyl (C=O) groups is 1. The van der Waals surface area contributed by atoms with Crippen molar-refractivity contribution in [3.63, 3.8) is 0 Å². The molecular weight excluding hydrogens is 430 g/mol. The molecule has 0 bridgehead atoms. The van der Waals surface area contributed by atoms with E-state index in [0.29, 0.717) is 27.6 Å². The zero-order chi connectivity index (χ0) is 22.7. The van der Waals surface area contributed by atoms with Gasteiger partial charge in [-0.05, 0) is 61.5 Å². The Morgan fingerprint density at radius 1 is 1.03 bits per heavy atom. The molecule has 0 unspecified atom stereocenters. The first-order chi connectivity index (χ1) is 15.4. The van der Waals surface area contributed by atoms with Crippen LogP contribution in [0.5, 0.6) is 11.5 Å². The van der Waals surface area contributed by atoms with Crippen LogP contribution in [0.25, 0.3) is 22.3 Å². The molecule has 0 aliphatic rings. The highest BCUT2D eigenvalue weighted by Gasteiger charge is 2.19. The molecule has 1 aromatic heterocycles. The second kappa shape index (κ2) is 9.16. The molecule has 0 saturated heterocycles. The summed E-state index contributed by atoms with van der Waals surface area (Å²) >= 11 is 6.06. The maximum atomic E-state index is 13.2. The van der Waals surface area contributed by atoms with E-state index in [2.05, 4.69) is 5.32 Å². The number of amides is 1. The molecule has 1 amide bonds. The number of hydrogen-bond acceptors (Lipinski definition) is 5. The van der Waals surface area contributed by atoms with Crippen LogP contribution in [0.15, 0.2) is 75.9 Å². The van der Waals surface area contributed by atoms with Crippen LogP contribution in [0.1, 0.15) is 5.56 Å². The van der Waals surface area contributed by atoms with Crippen molar-refractivity contribution in [2.24, 2.45) is 0 Å². The highest BCUT2D eigenvalue weighted by atomic mass is 35.5. The molecule has 0 spiro atoms. The van der Waals surface area contributed by atoms with Crippen molar-refractivity contribution < 1.29 is 18.7 Å². The molecule has 0 aliphatic carbocycles. The summed E-state index contributed by atoms with van der Waals surface area (Å²) in [5, 5.41) is 3.41. The van der Waals surface area contributed by atoms with Crippen LogP contribution >= 0.6 is 11.6 Å². The van der Waals surface area contributed by atoms with Gasteiger partial charge < -0.3 is 19.2 Å². The van der Waals surface area contributed by atoms with Crippen molar-refractivity contribution in [2.45, 2.75) is 6.92 Å². The lowest BCUT2D eigenvalue weighted by Crippen LogP contribution is -2.22. The molecular formula is C25H20ClNO5. The number of aryl methyl sites for hydroxylation is 1. The molecule has 7 heteroatoms. The lowest BCUT2D eigenvalue weighted by atomic mass is 10.1. The topological polar surface area (TPSA) is 77.8 Å². The Kier molecular flexibility index (Phi) is 6.14. The van der Waals surface area contributed by atoms with Crippen LogP contribution in [0, 0.1) is 6.92 Å². The molecule has 1 heterocycles. The van der Waals surface area contributed by atoms with Gasteiger partial charge in [0.15, 0.2) is 12.4 Å². The predicted octanol–water partition coefficient (Wildman–Crippen LogP) is 5.45. The first-order valence-corrected chi connectivity index (χ1v) is 10.2. The van der Waals surface area contributed by atoms with Gasteiger partial charge in [0.25, 0.3) is 5.91 Å². The number of rotatable bonds is 6. The van der Waals surface area contributed by atoms with E-state index in [1.807, 2.05) is 19.1 Å². The molecule has 4 rings (SSSR count). The number of nitrogens with one attached hydrogen (secondary N) is 1. The Bertz CT molecular complexity index is 1330. The number of anilines is 1. The van der Waals surface area contributed by atoms with Crippen LogP contribution in [0.4, 0.5) is 5.69 Å². The summed E-state index contributed by atoms with van der Waals surface area (Å²) in [7, 11) is 1.57. The van der Waals surface area contributed by atoms with E-state index in [1.165, 1.54) is 6.07 Å². The Labute approximate surface area is 189 Å². The molecule has 3 aromatic carbocycles. The van der Waals surface area contributed by atoms with Gasteiger partial charge in [0.05, 0.1) is 12.5 Å². The number of hydrogen-bond donors (Lipinski definition) is 1. The second-order valence-corrected chi connectivity index (χ2v) is 7.60. The zero-order valence-corrected chi connectivity index (χ0v) is 18.2. The third-order valence-electron chi connectivity index (χ3n) is 4.85. The van der Waals surface area contributed by atoms with Crippen molar-refractivity contribution in [1.29, 1.82) is 0 Å². The van der Waals surface area contributed by atoms with Crippen LogP contribution in [0.3, 0.4) is 0 Å². The molecule has 0 radical (unpaired) electrons. The van der Waals surface area contributed by atoms with E-state index >= 15 is 0 Å². The van der Waals surface area contributed by atoms with Crippen molar-refractivity contribution >= 4 is 34.2 Å². The van der Waals surface area contributed by atoms with E-state index in [4.69, 9.17) is 25.5 Å². The summed E-state index contributed by atoms with van der Waals surface area (Å²) in [5.74, 6) is 0.406. The van der Waals surface area contributed by atoms with Gasteiger partial charge in [-0.1, -0.05) is 29.3 Å². The van der Waals surface area contributed by atoms with Crippen LogP contribution < -0.4 is 20.2 Å². The molecule has 4 aromatic rings. The third-order valence-corrected chi connectivity index (χ3v) is 5.08. The van der Waals surface area contributed by atoms with Gasteiger partial charge in [-0.3, -0.25) is 9.59 Å². The second-order valence-electron chi connectivity index (χ2n) is 7.16.